The van der Waals surface area contributed by atoms with Crippen LogP contribution in [0.3, 0.4) is 0 Å². The van der Waals surface area contributed by atoms with Crippen molar-refractivity contribution in [1.29, 1.82) is 5.26 Å². The fraction of sp³-hybridized carbons (Fsp3) is 0.231. The normalized spacial score (nSPS) is 10.3. The van der Waals surface area contributed by atoms with Gasteiger partial charge in [0.1, 0.15) is 0 Å². The molecule has 0 bridgehead atoms. The average Bonchev–Trinajstić information content (AvgIpc) is 2.54. The molecule has 0 aliphatic heterocycles. The van der Waals surface area contributed by atoms with E-state index in [4.69, 9.17) is 5.26 Å². The molecule has 1 aromatic carbocycles. The number of carbonyl (C=O) groups is 1. The van der Waals surface area contributed by atoms with Gasteiger partial charge in [0.15, 0.2) is 0 Å². The standard InChI is InChI=1S/C13H12N2O/c1-9-11-5-3-4-6-13(11)15(10(2)16)12(9)7-8-14/h3-6H,7H2,1-2H3. The third kappa shape index (κ3) is 1.40. The lowest BCUT2D eigenvalue weighted by Crippen LogP contribution is -2.09. The van der Waals surface area contributed by atoms with Gasteiger partial charge in [-0.05, 0) is 18.6 Å². The van der Waals surface area contributed by atoms with Crippen molar-refractivity contribution in [2.45, 2.75) is 20.3 Å². The molecule has 0 unspecified atom stereocenters. The molecule has 0 atom stereocenters. The first kappa shape index (κ1) is 10.4. The number of fused-ring (bicyclic) bond motifs is 1. The first-order valence-corrected chi connectivity index (χ1v) is 5.13. The summed E-state index contributed by atoms with van der Waals surface area (Å²) in [4.78, 5) is 11.6. The zero-order valence-electron chi connectivity index (χ0n) is 9.32. The number of aromatic nitrogens is 1. The van der Waals surface area contributed by atoms with Gasteiger partial charge in [-0.3, -0.25) is 9.36 Å². The lowest BCUT2D eigenvalue weighted by atomic mass is 10.1. The maximum Gasteiger partial charge on any atom is 0.228 e. The van der Waals surface area contributed by atoms with Gasteiger partial charge in [0.05, 0.1) is 18.0 Å². The fourth-order valence-corrected chi connectivity index (χ4v) is 2.10. The van der Waals surface area contributed by atoms with Crippen molar-refractivity contribution in [2.75, 3.05) is 0 Å². The Bertz CT molecular complexity index is 602. The Kier molecular flexibility index (Phi) is 2.49. The minimum Gasteiger partial charge on any atom is -0.283 e. The molecule has 1 aromatic heterocycles. The summed E-state index contributed by atoms with van der Waals surface area (Å²) >= 11 is 0. The number of para-hydroxylation sites is 1. The maximum atomic E-state index is 11.6. The number of hydrogen-bond acceptors (Lipinski definition) is 2. The highest BCUT2D eigenvalue weighted by Crippen LogP contribution is 2.25. The molecule has 0 saturated carbocycles. The van der Waals surface area contributed by atoms with Crippen LogP contribution in [0.1, 0.15) is 23.0 Å². The van der Waals surface area contributed by atoms with Crippen LogP contribution in [0.15, 0.2) is 24.3 Å². The van der Waals surface area contributed by atoms with E-state index in [1.165, 1.54) is 6.92 Å². The summed E-state index contributed by atoms with van der Waals surface area (Å²) in [6.07, 6.45) is 0.264. The van der Waals surface area contributed by atoms with Gasteiger partial charge in [-0.1, -0.05) is 18.2 Å². The number of carbonyl (C=O) groups excluding carboxylic acids is 1. The fourth-order valence-electron chi connectivity index (χ4n) is 2.10. The highest BCUT2D eigenvalue weighted by atomic mass is 16.1. The smallest absolute Gasteiger partial charge is 0.228 e. The van der Waals surface area contributed by atoms with E-state index in [0.717, 1.165) is 22.2 Å². The summed E-state index contributed by atoms with van der Waals surface area (Å²) in [5.74, 6) is -0.0467. The molecule has 3 heteroatoms. The van der Waals surface area contributed by atoms with Gasteiger partial charge in [-0.15, -0.1) is 0 Å². The second-order valence-electron chi connectivity index (χ2n) is 3.78. The number of hydrogen-bond donors (Lipinski definition) is 0. The van der Waals surface area contributed by atoms with Crippen LogP contribution < -0.4 is 0 Å². The lowest BCUT2D eigenvalue weighted by molar-refractivity contribution is 0.0939. The van der Waals surface area contributed by atoms with Gasteiger partial charge < -0.3 is 0 Å². The summed E-state index contributed by atoms with van der Waals surface area (Å²) in [7, 11) is 0. The van der Waals surface area contributed by atoms with E-state index >= 15 is 0 Å². The van der Waals surface area contributed by atoms with Crippen molar-refractivity contribution in [3.05, 3.63) is 35.5 Å². The molecule has 0 radical (unpaired) electrons. The van der Waals surface area contributed by atoms with Crippen LogP contribution in [0.25, 0.3) is 10.9 Å². The van der Waals surface area contributed by atoms with Gasteiger partial charge in [-0.2, -0.15) is 5.26 Å². The highest BCUT2D eigenvalue weighted by Gasteiger charge is 2.15. The van der Waals surface area contributed by atoms with Crippen molar-refractivity contribution in [1.82, 2.24) is 4.57 Å². The first-order chi connectivity index (χ1) is 7.66. The van der Waals surface area contributed by atoms with E-state index in [0.29, 0.717) is 0 Å². The molecule has 0 fully saturated rings. The maximum absolute atomic E-state index is 11.6. The van der Waals surface area contributed by atoms with E-state index in [9.17, 15) is 4.79 Å². The number of nitrogens with zero attached hydrogens (tertiary/aromatic N) is 2. The summed E-state index contributed by atoms with van der Waals surface area (Å²) in [5.41, 5.74) is 2.71. The Balaban J connectivity index is 2.87. The van der Waals surface area contributed by atoms with Crippen molar-refractivity contribution in [3.63, 3.8) is 0 Å². The molecule has 3 nitrogen and oxygen atoms in total. The Hall–Kier alpha value is -2.08. The minimum atomic E-state index is -0.0467. The molecule has 0 amide bonds. The molecule has 16 heavy (non-hydrogen) atoms. The molecule has 80 valence electrons. The zero-order chi connectivity index (χ0) is 11.7. The van der Waals surface area contributed by atoms with Crippen LogP contribution in [-0.4, -0.2) is 10.5 Å². The number of nitriles is 1. The number of benzene rings is 1. The SMILES string of the molecule is CC(=O)n1c(CC#N)c(C)c2ccccc21. The van der Waals surface area contributed by atoms with Crippen molar-refractivity contribution < 1.29 is 4.79 Å². The van der Waals surface area contributed by atoms with Gasteiger partial charge in [0.25, 0.3) is 0 Å². The second kappa shape index (κ2) is 3.82. The molecule has 0 N–H and O–H groups in total. The van der Waals surface area contributed by atoms with Gasteiger partial charge >= 0.3 is 0 Å². The molecular formula is C13H12N2O. The topological polar surface area (TPSA) is 45.8 Å². The van der Waals surface area contributed by atoms with Crippen molar-refractivity contribution in [3.8, 4) is 6.07 Å². The van der Waals surface area contributed by atoms with E-state index in [1.807, 2.05) is 31.2 Å². The Morgan fingerprint density at radius 3 is 2.75 bits per heavy atom. The molecule has 0 aliphatic carbocycles. The first-order valence-electron chi connectivity index (χ1n) is 5.13. The van der Waals surface area contributed by atoms with E-state index in [1.54, 1.807) is 4.57 Å². The van der Waals surface area contributed by atoms with Crippen LogP contribution in [0.5, 0.6) is 0 Å². The van der Waals surface area contributed by atoms with E-state index in [-0.39, 0.29) is 12.3 Å². The van der Waals surface area contributed by atoms with Crippen LogP contribution in [-0.2, 0) is 6.42 Å². The highest BCUT2D eigenvalue weighted by molar-refractivity contribution is 5.95. The van der Waals surface area contributed by atoms with Crippen LogP contribution in [0.4, 0.5) is 0 Å². The summed E-state index contributed by atoms with van der Waals surface area (Å²) in [6.45, 7) is 3.47. The van der Waals surface area contributed by atoms with Crippen LogP contribution in [0, 0.1) is 18.3 Å². The predicted molar refractivity (Wildman–Crippen MR) is 62.3 cm³/mol. The van der Waals surface area contributed by atoms with E-state index in [2.05, 4.69) is 6.07 Å². The third-order valence-corrected chi connectivity index (χ3v) is 2.81. The molecule has 0 spiro atoms. The van der Waals surface area contributed by atoms with Crippen molar-refractivity contribution >= 4 is 16.8 Å². The van der Waals surface area contributed by atoms with E-state index < -0.39 is 0 Å². The second-order valence-corrected chi connectivity index (χ2v) is 3.78. The van der Waals surface area contributed by atoms with Gasteiger partial charge in [-0.25, -0.2) is 0 Å². The zero-order valence-corrected chi connectivity index (χ0v) is 9.32. The molecule has 2 rings (SSSR count). The van der Waals surface area contributed by atoms with Crippen LogP contribution in [0.2, 0.25) is 0 Å². The summed E-state index contributed by atoms with van der Waals surface area (Å²) in [5, 5.41) is 9.85. The minimum absolute atomic E-state index is 0.0467. The predicted octanol–water partition coefficient (Wildman–Crippen LogP) is 2.68. The molecule has 0 aliphatic rings. The van der Waals surface area contributed by atoms with Crippen molar-refractivity contribution in [2.24, 2.45) is 0 Å². The number of aryl methyl sites for hydroxylation is 1. The van der Waals surface area contributed by atoms with Gasteiger partial charge in [0, 0.05) is 18.0 Å². The lowest BCUT2D eigenvalue weighted by Gasteiger charge is -2.03. The van der Waals surface area contributed by atoms with Gasteiger partial charge in [0.2, 0.25) is 5.91 Å². The molecule has 0 saturated heterocycles. The third-order valence-electron chi connectivity index (χ3n) is 2.81. The largest absolute Gasteiger partial charge is 0.283 e. The number of rotatable bonds is 1. The average molecular weight is 212 g/mol. The quantitative estimate of drug-likeness (QED) is 0.729. The van der Waals surface area contributed by atoms with Crippen LogP contribution >= 0.6 is 0 Å². The molecular weight excluding hydrogens is 200 g/mol. The summed E-state index contributed by atoms with van der Waals surface area (Å²) < 4.78 is 1.63. The monoisotopic (exact) mass is 212 g/mol. The Morgan fingerprint density at radius 1 is 1.44 bits per heavy atom. The summed E-state index contributed by atoms with van der Waals surface area (Å²) in [6, 6.07) is 9.83. The Labute approximate surface area is 93.9 Å². The Morgan fingerprint density at radius 2 is 2.12 bits per heavy atom. The molecule has 2 aromatic rings. The molecule has 1 heterocycles.